The van der Waals surface area contributed by atoms with Crippen molar-refractivity contribution in [2.24, 2.45) is 0 Å². The zero-order valence-electron chi connectivity index (χ0n) is 12.9. The Hall–Kier alpha value is -2.27. The van der Waals surface area contributed by atoms with Crippen LogP contribution in [0.25, 0.3) is 0 Å². The van der Waals surface area contributed by atoms with E-state index in [1.807, 2.05) is 0 Å². The number of nitrogens with zero attached hydrogens (tertiary/aromatic N) is 1. The van der Waals surface area contributed by atoms with Crippen LogP contribution in [0.5, 0.6) is 11.5 Å². The molecule has 0 saturated carbocycles. The molecule has 6 heteroatoms. The predicted molar refractivity (Wildman–Crippen MR) is 86.9 cm³/mol. The smallest absolute Gasteiger partial charge is 0.257 e. The lowest BCUT2D eigenvalue weighted by molar-refractivity contribution is 0.0769. The first-order valence-electron chi connectivity index (χ1n) is 6.99. The molecule has 0 N–H and O–H groups in total. The molecule has 122 valence electrons. The van der Waals surface area contributed by atoms with E-state index < -0.39 is 5.82 Å². The lowest BCUT2D eigenvalue weighted by Gasteiger charge is -2.19. The van der Waals surface area contributed by atoms with Gasteiger partial charge in [0.2, 0.25) is 0 Å². The molecule has 4 nitrogen and oxygen atoms in total. The number of halogens is 2. The van der Waals surface area contributed by atoms with Gasteiger partial charge in [-0.15, -0.1) is 0 Å². The van der Waals surface area contributed by atoms with Gasteiger partial charge in [0.25, 0.3) is 5.91 Å². The second-order valence-electron chi connectivity index (χ2n) is 4.85. The van der Waals surface area contributed by atoms with E-state index in [1.54, 1.807) is 31.3 Å². The van der Waals surface area contributed by atoms with Crippen molar-refractivity contribution in [1.29, 1.82) is 0 Å². The average molecular weight is 338 g/mol. The lowest BCUT2D eigenvalue weighted by Crippen LogP contribution is -2.31. The minimum Gasteiger partial charge on any atom is -0.493 e. The van der Waals surface area contributed by atoms with E-state index in [2.05, 4.69) is 0 Å². The van der Waals surface area contributed by atoms with Gasteiger partial charge in [0.05, 0.1) is 19.2 Å². The second-order valence-corrected chi connectivity index (χ2v) is 5.29. The minimum absolute atomic E-state index is 0.0555. The third kappa shape index (κ3) is 4.36. The molecule has 0 atom stereocenters. The topological polar surface area (TPSA) is 38.8 Å². The summed E-state index contributed by atoms with van der Waals surface area (Å²) in [5.41, 5.74) is 0.178. The number of likely N-dealkylation sites (N-methyl/N-ethyl adjacent to an activating group) is 1. The van der Waals surface area contributed by atoms with Crippen molar-refractivity contribution in [1.82, 2.24) is 4.90 Å². The number of hydrogen-bond acceptors (Lipinski definition) is 3. The molecule has 0 spiro atoms. The van der Waals surface area contributed by atoms with Crippen LogP contribution in [-0.4, -0.2) is 38.1 Å². The van der Waals surface area contributed by atoms with Crippen LogP contribution in [0.3, 0.4) is 0 Å². The Labute approximate surface area is 139 Å². The maximum atomic E-state index is 13.7. The summed E-state index contributed by atoms with van der Waals surface area (Å²) in [7, 11) is 2.95. The Kier molecular flexibility index (Phi) is 5.82. The van der Waals surface area contributed by atoms with Gasteiger partial charge in [0.15, 0.2) is 11.6 Å². The van der Waals surface area contributed by atoms with Crippen LogP contribution in [0.1, 0.15) is 10.4 Å². The van der Waals surface area contributed by atoms with E-state index in [4.69, 9.17) is 21.1 Å². The summed E-state index contributed by atoms with van der Waals surface area (Å²) in [4.78, 5) is 13.8. The highest BCUT2D eigenvalue weighted by Gasteiger charge is 2.19. The zero-order chi connectivity index (χ0) is 16.8. The van der Waals surface area contributed by atoms with Crippen molar-refractivity contribution < 1.29 is 18.7 Å². The van der Waals surface area contributed by atoms with E-state index in [0.717, 1.165) is 0 Å². The molecule has 0 unspecified atom stereocenters. The van der Waals surface area contributed by atoms with Crippen LogP contribution in [0.15, 0.2) is 42.5 Å². The van der Waals surface area contributed by atoms with Gasteiger partial charge in [-0.1, -0.05) is 23.7 Å². The van der Waals surface area contributed by atoms with E-state index in [1.165, 1.54) is 30.2 Å². The van der Waals surface area contributed by atoms with Gasteiger partial charge in [-0.25, -0.2) is 4.39 Å². The van der Waals surface area contributed by atoms with Gasteiger partial charge < -0.3 is 14.4 Å². The van der Waals surface area contributed by atoms with Gasteiger partial charge in [-0.05, 0) is 30.3 Å². The van der Waals surface area contributed by atoms with Crippen LogP contribution in [-0.2, 0) is 0 Å². The first-order chi connectivity index (χ1) is 11.0. The predicted octanol–water partition coefficient (Wildman–Crippen LogP) is 3.64. The highest BCUT2D eigenvalue weighted by atomic mass is 35.5. The van der Waals surface area contributed by atoms with Crippen LogP contribution in [0.4, 0.5) is 4.39 Å². The molecular formula is C17H17ClFNO3. The molecule has 0 aromatic heterocycles. The number of methoxy groups -OCH3 is 1. The fourth-order valence-electron chi connectivity index (χ4n) is 2.05. The normalized spacial score (nSPS) is 10.3. The number of carbonyl (C=O) groups is 1. The molecule has 0 aliphatic rings. The summed E-state index contributed by atoms with van der Waals surface area (Å²) in [6, 6.07) is 11.3. The number of hydrogen-bond donors (Lipinski definition) is 0. The lowest BCUT2D eigenvalue weighted by atomic mass is 10.1. The van der Waals surface area contributed by atoms with Crippen LogP contribution < -0.4 is 9.47 Å². The molecule has 0 aliphatic carbocycles. The first-order valence-corrected chi connectivity index (χ1v) is 7.37. The highest BCUT2D eigenvalue weighted by molar-refractivity contribution is 6.30. The van der Waals surface area contributed by atoms with Gasteiger partial charge in [-0.3, -0.25) is 4.79 Å². The quantitative estimate of drug-likeness (QED) is 0.807. The monoisotopic (exact) mass is 337 g/mol. The van der Waals surface area contributed by atoms with Gasteiger partial charge in [0, 0.05) is 12.1 Å². The SMILES string of the molecule is COc1c(F)cccc1C(=O)N(C)CCOc1cccc(Cl)c1. The van der Waals surface area contributed by atoms with Gasteiger partial charge in [0.1, 0.15) is 12.4 Å². The molecule has 0 aliphatic heterocycles. The van der Waals surface area contributed by atoms with E-state index in [0.29, 0.717) is 23.9 Å². The number of amides is 1. The number of rotatable bonds is 6. The van der Waals surface area contributed by atoms with E-state index in [9.17, 15) is 9.18 Å². The highest BCUT2D eigenvalue weighted by Crippen LogP contribution is 2.23. The summed E-state index contributed by atoms with van der Waals surface area (Å²) in [6.07, 6.45) is 0. The number of benzene rings is 2. The van der Waals surface area contributed by atoms with Gasteiger partial charge >= 0.3 is 0 Å². The summed E-state index contributed by atoms with van der Waals surface area (Å²) < 4.78 is 24.2. The van der Waals surface area contributed by atoms with Crippen molar-refractivity contribution in [3.63, 3.8) is 0 Å². The maximum Gasteiger partial charge on any atom is 0.257 e. The molecule has 2 rings (SSSR count). The molecule has 0 heterocycles. The van der Waals surface area contributed by atoms with Crippen LogP contribution in [0, 0.1) is 5.82 Å². The summed E-state index contributed by atoms with van der Waals surface area (Å²) in [5.74, 6) is -0.334. The fourth-order valence-corrected chi connectivity index (χ4v) is 2.23. The molecular weight excluding hydrogens is 321 g/mol. The maximum absolute atomic E-state index is 13.7. The van der Waals surface area contributed by atoms with Crippen molar-refractivity contribution in [2.45, 2.75) is 0 Å². The second kappa shape index (κ2) is 7.83. The Morgan fingerprint density at radius 3 is 2.70 bits per heavy atom. The Morgan fingerprint density at radius 2 is 2.00 bits per heavy atom. The first kappa shape index (κ1) is 17.1. The van der Waals surface area contributed by atoms with E-state index >= 15 is 0 Å². The average Bonchev–Trinajstić information content (AvgIpc) is 2.54. The minimum atomic E-state index is -0.568. The third-order valence-corrected chi connectivity index (χ3v) is 3.47. The zero-order valence-corrected chi connectivity index (χ0v) is 13.6. The molecule has 0 fully saturated rings. The fraction of sp³-hybridized carbons (Fsp3) is 0.235. The van der Waals surface area contributed by atoms with Crippen molar-refractivity contribution in [2.75, 3.05) is 27.3 Å². The molecule has 0 saturated heterocycles. The summed E-state index contributed by atoms with van der Waals surface area (Å²) in [5, 5.41) is 0.580. The number of ether oxygens (including phenoxy) is 2. The Balaban J connectivity index is 1.97. The molecule has 2 aromatic carbocycles. The molecule has 2 aromatic rings. The largest absolute Gasteiger partial charge is 0.493 e. The molecule has 0 radical (unpaired) electrons. The van der Waals surface area contributed by atoms with E-state index in [-0.39, 0.29) is 17.2 Å². The Morgan fingerprint density at radius 1 is 1.26 bits per heavy atom. The van der Waals surface area contributed by atoms with Crippen molar-refractivity contribution >= 4 is 17.5 Å². The summed E-state index contributed by atoms with van der Waals surface area (Å²) >= 11 is 5.87. The number of para-hydroxylation sites is 1. The molecule has 0 bridgehead atoms. The van der Waals surface area contributed by atoms with Crippen molar-refractivity contribution in [3.8, 4) is 11.5 Å². The van der Waals surface area contributed by atoms with Crippen molar-refractivity contribution in [3.05, 3.63) is 58.9 Å². The number of carbonyl (C=O) groups excluding carboxylic acids is 1. The third-order valence-electron chi connectivity index (χ3n) is 3.24. The standard InChI is InChI=1S/C17H17ClFNO3/c1-20(9-10-23-13-6-3-5-12(18)11-13)17(21)14-7-4-8-15(19)16(14)22-2/h3-8,11H,9-10H2,1-2H3. The molecule has 23 heavy (non-hydrogen) atoms. The Bertz CT molecular complexity index is 693. The van der Waals surface area contributed by atoms with Crippen LogP contribution in [0.2, 0.25) is 5.02 Å². The van der Waals surface area contributed by atoms with Crippen LogP contribution >= 0.6 is 11.6 Å². The van der Waals surface area contributed by atoms with Gasteiger partial charge in [-0.2, -0.15) is 0 Å². The summed E-state index contributed by atoms with van der Waals surface area (Å²) in [6.45, 7) is 0.630. The molecule has 1 amide bonds.